The van der Waals surface area contributed by atoms with Gasteiger partial charge in [0.1, 0.15) is 5.82 Å². The number of carbonyl (C=O) groups excluding carboxylic acids is 1. The lowest BCUT2D eigenvalue weighted by Gasteiger charge is -2.06. The zero-order chi connectivity index (χ0) is 16.2. The number of pyridine rings is 1. The van der Waals surface area contributed by atoms with Gasteiger partial charge >= 0.3 is 0 Å². The molecule has 3 rings (SSSR count). The minimum absolute atomic E-state index is 0.156. The van der Waals surface area contributed by atoms with Gasteiger partial charge in [-0.15, -0.1) is 0 Å². The topological polar surface area (TPSA) is 42.0 Å². The molecule has 1 N–H and O–H groups in total. The van der Waals surface area contributed by atoms with Crippen molar-refractivity contribution in [3.8, 4) is 11.1 Å². The zero-order valence-electron chi connectivity index (χ0n) is 13.2. The van der Waals surface area contributed by atoms with Crippen LogP contribution >= 0.6 is 0 Å². The molecule has 2 aromatic carbocycles. The highest BCUT2D eigenvalue weighted by Gasteiger charge is 2.07. The largest absolute Gasteiger partial charge is 0.307 e. The maximum atomic E-state index is 12.2. The van der Waals surface area contributed by atoms with E-state index in [1.165, 1.54) is 5.56 Å². The van der Waals surface area contributed by atoms with Crippen molar-refractivity contribution in [2.75, 3.05) is 5.32 Å². The number of amides is 1. The van der Waals surface area contributed by atoms with Gasteiger partial charge in [0, 0.05) is 11.8 Å². The van der Waals surface area contributed by atoms with Crippen molar-refractivity contribution in [3.63, 3.8) is 0 Å². The molecule has 114 valence electrons. The summed E-state index contributed by atoms with van der Waals surface area (Å²) in [5, 5.41) is 2.80. The monoisotopic (exact) mass is 302 g/mol. The number of carbonyl (C=O) groups is 1. The van der Waals surface area contributed by atoms with E-state index >= 15 is 0 Å². The highest BCUT2D eigenvalue weighted by molar-refractivity contribution is 6.04. The van der Waals surface area contributed by atoms with E-state index in [-0.39, 0.29) is 5.91 Å². The summed E-state index contributed by atoms with van der Waals surface area (Å²) in [5.74, 6) is 0.403. The standard InChI is InChI=1S/C20H18N2O/c1-14-3-6-16(7-4-14)17-8-10-18(11-9-17)20(23)22-19-12-5-15(2)13-21-19/h3-13H,1-2H3,(H,21,22,23). The molecule has 1 amide bonds. The van der Waals surface area contributed by atoms with E-state index in [0.29, 0.717) is 11.4 Å². The Morgan fingerprint density at radius 2 is 1.35 bits per heavy atom. The number of aromatic nitrogens is 1. The van der Waals surface area contributed by atoms with Gasteiger partial charge in [0.05, 0.1) is 0 Å². The van der Waals surface area contributed by atoms with Gasteiger partial charge in [-0.25, -0.2) is 4.98 Å². The Kier molecular flexibility index (Phi) is 4.20. The van der Waals surface area contributed by atoms with Crippen molar-refractivity contribution in [3.05, 3.63) is 83.6 Å². The lowest BCUT2D eigenvalue weighted by molar-refractivity contribution is 0.102. The predicted molar refractivity (Wildman–Crippen MR) is 93.5 cm³/mol. The van der Waals surface area contributed by atoms with Crippen molar-refractivity contribution in [2.45, 2.75) is 13.8 Å². The number of anilines is 1. The molecule has 23 heavy (non-hydrogen) atoms. The van der Waals surface area contributed by atoms with Gasteiger partial charge in [0.2, 0.25) is 0 Å². The Bertz CT molecular complexity index is 804. The minimum atomic E-state index is -0.156. The summed E-state index contributed by atoms with van der Waals surface area (Å²) >= 11 is 0. The average Bonchev–Trinajstić information content (AvgIpc) is 2.58. The van der Waals surface area contributed by atoms with Crippen molar-refractivity contribution in [2.24, 2.45) is 0 Å². The first-order valence-electron chi connectivity index (χ1n) is 7.53. The molecule has 0 fully saturated rings. The van der Waals surface area contributed by atoms with E-state index in [1.807, 2.05) is 37.3 Å². The lowest BCUT2D eigenvalue weighted by Crippen LogP contribution is -2.12. The molecule has 0 saturated heterocycles. The van der Waals surface area contributed by atoms with Crippen molar-refractivity contribution >= 4 is 11.7 Å². The number of benzene rings is 2. The van der Waals surface area contributed by atoms with Gasteiger partial charge in [-0.05, 0) is 48.7 Å². The molecule has 3 aromatic rings. The molecule has 0 aliphatic carbocycles. The number of aryl methyl sites for hydroxylation is 2. The second-order valence-corrected chi connectivity index (χ2v) is 5.62. The molecular formula is C20H18N2O. The van der Waals surface area contributed by atoms with Crippen LogP contribution in [0.25, 0.3) is 11.1 Å². The molecular weight excluding hydrogens is 284 g/mol. The Hall–Kier alpha value is -2.94. The maximum Gasteiger partial charge on any atom is 0.256 e. The fraction of sp³-hybridized carbons (Fsp3) is 0.100. The molecule has 0 radical (unpaired) electrons. The van der Waals surface area contributed by atoms with Crippen LogP contribution in [-0.2, 0) is 0 Å². The summed E-state index contributed by atoms with van der Waals surface area (Å²) < 4.78 is 0. The van der Waals surface area contributed by atoms with Crippen LogP contribution in [0.3, 0.4) is 0 Å². The van der Waals surface area contributed by atoms with Crippen LogP contribution in [0.5, 0.6) is 0 Å². The van der Waals surface area contributed by atoms with Crippen molar-refractivity contribution in [1.29, 1.82) is 0 Å². The Morgan fingerprint density at radius 1 is 0.783 bits per heavy atom. The average molecular weight is 302 g/mol. The normalized spacial score (nSPS) is 10.3. The number of nitrogens with one attached hydrogen (secondary N) is 1. The molecule has 0 aliphatic heterocycles. The second-order valence-electron chi connectivity index (χ2n) is 5.62. The number of hydrogen-bond acceptors (Lipinski definition) is 2. The van der Waals surface area contributed by atoms with E-state index in [2.05, 4.69) is 41.5 Å². The molecule has 0 bridgehead atoms. The fourth-order valence-corrected chi connectivity index (χ4v) is 2.29. The third kappa shape index (κ3) is 3.64. The molecule has 1 heterocycles. The molecule has 1 aromatic heterocycles. The highest BCUT2D eigenvalue weighted by atomic mass is 16.1. The first-order valence-corrected chi connectivity index (χ1v) is 7.53. The number of rotatable bonds is 3. The Labute approximate surface area is 136 Å². The Balaban J connectivity index is 1.74. The number of nitrogens with zero attached hydrogens (tertiary/aromatic N) is 1. The molecule has 0 atom stereocenters. The maximum absolute atomic E-state index is 12.2. The number of hydrogen-bond donors (Lipinski definition) is 1. The van der Waals surface area contributed by atoms with Crippen molar-refractivity contribution < 1.29 is 4.79 Å². The minimum Gasteiger partial charge on any atom is -0.307 e. The summed E-state index contributed by atoms with van der Waals surface area (Å²) in [6.45, 7) is 4.03. The van der Waals surface area contributed by atoms with Gasteiger partial charge in [0.25, 0.3) is 5.91 Å². The van der Waals surface area contributed by atoms with Crippen LogP contribution in [0.4, 0.5) is 5.82 Å². The molecule has 3 nitrogen and oxygen atoms in total. The molecule has 0 unspecified atom stereocenters. The van der Waals surface area contributed by atoms with Gasteiger partial charge in [-0.3, -0.25) is 4.79 Å². The molecule has 0 spiro atoms. The summed E-state index contributed by atoms with van der Waals surface area (Å²) in [6.07, 6.45) is 1.73. The third-order valence-corrected chi connectivity index (χ3v) is 3.68. The summed E-state index contributed by atoms with van der Waals surface area (Å²) in [7, 11) is 0. The SMILES string of the molecule is Cc1ccc(-c2ccc(C(=O)Nc3ccc(C)cn3)cc2)cc1. The summed E-state index contributed by atoms with van der Waals surface area (Å²) in [6, 6.07) is 19.6. The van der Waals surface area contributed by atoms with Crippen LogP contribution in [0.1, 0.15) is 21.5 Å². The molecule has 0 saturated carbocycles. The first kappa shape index (κ1) is 15.0. The summed E-state index contributed by atoms with van der Waals surface area (Å²) in [5.41, 5.74) is 5.14. The van der Waals surface area contributed by atoms with E-state index < -0.39 is 0 Å². The fourth-order valence-electron chi connectivity index (χ4n) is 2.29. The second kappa shape index (κ2) is 6.44. The van der Waals surface area contributed by atoms with Gasteiger partial charge < -0.3 is 5.32 Å². The first-order chi connectivity index (χ1) is 11.1. The van der Waals surface area contributed by atoms with E-state index in [0.717, 1.165) is 16.7 Å². The van der Waals surface area contributed by atoms with Crippen LogP contribution in [0.2, 0.25) is 0 Å². The van der Waals surface area contributed by atoms with Gasteiger partial charge in [-0.2, -0.15) is 0 Å². The summed E-state index contributed by atoms with van der Waals surface area (Å²) in [4.78, 5) is 16.4. The van der Waals surface area contributed by atoms with E-state index in [1.54, 1.807) is 12.3 Å². The molecule has 0 aliphatic rings. The quantitative estimate of drug-likeness (QED) is 0.767. The van der Waals surface area contributed by atoms with Gasteiger partial charge in [-0.1, -0.05) is 48.0 Å². The van der Waals surface area contributed by atoms with Crippen LogP contribution < -0.4 is 5.32 Å². The van der Waals surface area contributed by atoms with Crippen LogP contribution in [0, 0.1) is 13.8 Å². The van der Waals surface area contributed by atoms with Crippen LogP contribution in [0.15, 0.2) is 66.9 Å². The Morgan fingerprint density at radius 3 is 1.91 bits per heavy atom. The zero-order valence-corrected chi connectivity index (χ0v) is 13.2. The van der Waals surface area contributed by atoms with E-state index in [4.69, 9.17) is 0 Å². The van der Waals surface area contributed by atoms with E-state index in [9.17, 15) is 4.79 Å². The smallest absolute Gasteiger partial charge is 0.256 e. The lowest BCUT2D eigenvalue weighted by atomic mass is 10.0. The highest BCUT2D eigenvalue weighted by Crippen LogP contribution is 2.20. The van der Waals surface area contributed by atoms with Crippen LogP contribution in [-0.4, -0.2) is 10.9 Å². The third-order valence-electron chi connectivity index (χ3n) is 3.68. The molecule has 3 heteroatoms. The van der Waals surface area contributed by atoms with Gasteiger partial charge in [0.15, 0.2) is 0 Å². The van der Waals surface area contributed by atoms with Crippen molar-refractivity contribution in [1.82, 2.24) is 4.98 Å². The predicted octanol–water partition coefficient (Wildman–Crippen LogP) is 4.62.